The fourth-order valence-corrected chi connectivity index (χ4v) is 3.46. The summed E-state index contributed by atoms with van der Waals surface area (Å²) in [6.07, 6.45) is 4.53. The topological polar surface area (TPSA) is 26.3 Å². The molecule has 0 saturated carbocycles. The number of aliphatic imine (C=N–C) groups is 1. The van der Waals surface area contributed by atoms with Gasteiger partial charge < -0.3 is 0 Å². The lowest BCUT2D eigenvalue weighted by Crippen LogP contribution is -2.85. The molecule has 0 radical (unpaired) electrons. The maximum absolute atomic E-state index is 5.49. The average molecular weight is 335 g/mol. The summed E-state index contributed by atoms with van der Waals surface area (Å²) in [6.45, 7) is 2.22. The maximum Gasteiger partial charge on any atom is 0.293 e. The molecule has 0 aliphatic carbocycles. The first-order chi connectivity index (χ1) is 11.8. The highest BCUT2D eigenvalue weighted by Crippen LogP contribution is 2.24. The molecule has 122 valence electrons. The van der Waals surface area contributed by atoms with Crippen molar-refractivity contribution in [1.82, 2.24) is 0 Å². The van der Waals surface area contributed by atoms with Crippen molar-refractivity contribution in [3.05, 3.63) is 71.8 Å². The predicted octanol–water partition coefficient (Wildman–Crippen LogP) is 3.44. The number of hydrogen-bond donors (Lipinski definition) is 1. The number of rotatable bonds is 7. The van der Waals surface area contributed by atoms with Gasteiger partial charge in [-0.2, -0.15) is 0 Å². The van der Waals surface area contributed by atoms with Crippen molar-refractivity contribution in [2.45, 2.75) is 38.1 Å². The highest BCUT2D eigenvalue weighted by molar-refractivity contribution is 7.79. The van der Waals surface area contributed by atoms with E-state index in [1.165, 1.54) is 12.8 Å². The molecule has 0 fully saturated rings. The minimum atomic E-state index is -0.528. The van der Waals surface area contributed by atoms with Gasteiger partial charge in [0.25, 0.3) is 5.84 Å². The van der Waals surface area contributed by atoms with Gasteiger partial charge in [0.05, 0.1) is 6.42 Å². The molecule has 1 aliphatic rings. The second-order valence-electron chi connectivity index (χ2n) is 6.15. The monoisotopic (exact) mass is 335 g/mol. The first-order valence-electron chi connectivity index (χ1n) is 8.60. The highest BCUT2D eigenvalue weighted by atomic mass is 32.1. The number of amidine groups is 1. The molecule has 0 spiro atoms. The van der Waals surface area contributed by atoms with E-state index in [0.717, 1.165) is 35.5 Å². The van der Waals surface area contributed by atoms with Gasteiger partial charge in [-0.3, -0.25) is 4.99 Å². The first kappa shape index (κ1) is 16.7. The summed E-state index contributed by atoms with van der Waals surface area (Å²) in [6, 6.07) is 20.7. The summed E-state index contributed by atoms with van der Waals surface area (Å²) >= 11 is 5.49. The van der Waals surface area contributed by atoms with Crippen LogP contribution in [-0.4, -0.2) is 16.9 Å². The number of benzene rings is 2. The Kier molecular flexibility index (Phi) is 5.31. The van der Waals surface area contributed by atoms with Crippen molar-refractivity contribution in [1.29, 1.82) is 0 Å². The number of unbranched alkanes of at least 4 members (excludes halogenated alkanes) is 2. The Labute approximate surface area is 149 Å². The molecule has 0 saturated heterocycles. The van der Waals surface area contributed by atoms with Crippen molar-refractivity contribution in [3.8, 4) is 0 Å². The molecular formula is C21H23N2S+. The van der Waals surface area contributed by atoms with Crippen LogP contribution in [0.4, 0.5) is 0 Å². The van der Waals surface area contributed by atoms with Crippen molar-refractivity contribution in [3.63, 3.8) is 0 Å². The Bertz CT molecular complexity index is 750. The molecule has 1 atom stereocenters. The van der Waals surface area contributed by atoms with Crippen molar-refractivity contribution in [2.24, 2.45) is 4.99 Å². The Morgan fingerprint density at radius 3 is 2.29 bits per heavy atom. The van der Waals surface area contributed by atoms with E-state index in [1.54, 1.807) is 0 Å². The van der Waals surface area contributed by atoms with E-state index >= 15 is 0 Å². The van der Waals surface area contributed by atoms with Gasteiger partial charge in [0, 0.05) is 16.5 Å². The fraction of sp³-hybridized carbons (Fsp3) is 0.286. The zero-order chi connectivity index (χ0) is 16.8. The van der Waals surface area contributed by atoms with E-state index in [1.807, 2.05) is 29.6 Å². The first-order valence-corrected chi connectivity index (χ1v) is 9.08. The van der Waals surface area contributed by atoms with E-state index in [9.17, 15) is 0 Å². The third-order valence-electron chi connectivity index (χ3n) is 4.43. The summed E-state index contributed by atoms with van der Waals surface area (Å²) < 4.78 is 0. The molecule has 24 heavy (non-hydrogen) atoms. The van der Waals surface area contributed by atoms with Crippen LogP contribution in [0.5, 0.6) is 0 Å². The summed E-state index contributed by atoms with van der Waals surface area (Å²) in [7, 11) is 0. The van der Waals surface area contributed by atoms with Gasteiger partial charge in [0.1, 0.15) is 0 Å². The van der Waals surface area contributed by atoms with E-state index in [-0.39, 0.29) is 0 Å². The number of thiocarbonyl (C=S) groups is 1. The zero-order valence-corrected chi connectivity index (χ0v) is 14.9. The van der Waals surface area contributed by atoms with Crippen LogP contribution in [0.3, 0.4) is 0 Å². The van der Waals surface area contributed by atoms with Crippen LogP contribution in [0.2, 0.25) is 0 Å². The molecule has 0 aromatic heterocycles. The van der Waals surface area contributed by atoms with Crippen LogP contribution in [0, 0.1) is 0 Å². The van der Waals surface area contributed by atoms with Crippen molar-refractivity contribution >= 4 is 29.1 Å². The Morgan fingerprint density at radius 1 is 1.00 bits per heavy atom. The minimum Gasteiger partial charge on any atom is -0.253 e. The number of nitrogens with zero attached hydrogens (tertiary/aromatic N) is 1. The number of nitrogens with one attached hydrogen (secondary N) is 1. The molecule has 1 heterocycles. The van der Waals surface area contributed by atoms with E-state index < -0.39 is 5.54 Å². The summed E-state index contributed by atoms with van der Waals surface area (Å²) in [5.74, 6) is 1.03. The molecule has 2 aromatic rings. The van der Waals surface area contributed by atoms with Gasteiger partial charge in [-0.05, 0) is 11.4 Å². The normalized spacial score (nSPS) is 19.7. The third-order valence-corrected chi connectivity index (χ3v) is 4.79. The molecule has 3 rings (SSSR count). The van der Waals surface area contributed by atoms with Crippen LogP contribution in [-0.2, 0) is 5.54 Å². The standard InChI is InChI=1S/C21H22N2S/c1-2-3-6-15-19-22-20(17-11-7-4-8-12-17)21(16-24,23-19)18-13-9-5-10-14-18/h4-5,7-14,16H,2-3,6,15H2,1H3/p+1. The van der Waals surface area contributed by atoms with Crippen LogP contribution in [0.25, 0.3) is 0 Å². The highest BCUT2D eigenvalue weighted by Gasteiger charge is 2.47. The third kappa shape index (κ3) is 3.22. The smallest absolute Gasteiger partial charge is 0.253 e. The fourth-order valence-electron chi connectivity index (χ4n) is 3.15. The lowest BCUT2D eigenvalue weighted by atomic mass is 9.84. The maximum atomic E-state index is 5.49. The Hall–Kier alpha value is -2.13. The molecule has 1 unspecified atom stereocenters. The second kappa shape index (κ2) is 7.63. The van der Waals surface area contributed by atoms with Gasteiger partial charge >= 0.3 is 0 Å². The summed E-state index contributed by atoms with van der Waals surface area (Å²) in [5, 5.41) is 1.82. The largest absolute Gasteiger partial charge is 0.293 e. The molecule has 0 bridgehead atoms. The SMILES string of the molecule is CCCCCC1=[NH+]C(C=S)(c2ccccc2)C(c2ccccc2)=N1. The van der Waals surface area contributed by atoms with Gasteiger partial charge in [0.15, 0.2) is 0 Å². The molecule has 2 aromatic carbocycles. The van der Waals surface area contributed by atoms with Crippen LogP contribution in [0.1, 0.15) is 43.7 Å². The van der Waals surface area contributed by atoms with Crippen LogP contribution >= 0.6 is 12.2 Å². The molecule has 3 heteroatoms. The quantitative estimate of drug-likeness (QED) is 0.609. The zero-order valence-electron chi connectivity index (χ0n) is 14.0. The average Bonchev–Trinajstić information content (AvgIpc) is 3.03. The lowest BCUT2D eigenvalue weighted by molar-refractivity contribution is -0.509. The molecule has 2 nitrogen and oxygen atoms in total. The van der Waals surface area contributed by atoms with Crippen molar-refractivity contribution < 1.29 is 4.99 Å². The second-order valence-corrected chi connectivity index (χ2v) is 6.38. The van der Waals surface area contributed by atoms with Gasteiger partial charge in [-0.1, -0.05) is 92.6 Å². The van der Waals surface area contributed by atoms with Crippen molar-refractivity contribution in [2.75, 3.05) is 0 Å². The molecular weight excluding hydrogens is 312 g/mol. The van der Waals surface area contributed by atoms with Crippen LogP contribution < -0.4 is 4.99 Å². The summed E-state index contributed by atoms with van der Waals surface area (Å²) in [4.78, 5) is 8.59. The number of hydrogen-bond acceptors (Lipinski definition) is 2. The lowest BCUT2D eigenvalue weighted by Gasteiger charge is -2.19. The van der Waals surface area contributed by atoms with E-state index in [4.69, 9.17) is 17.2 Å². The minimum absolute atomic E-state index is 0.528. The van der Waals surface area contributed by atoms with Gasteiger partial charge in [0.2, 0.25) is 11.3 Å². The molecule has 1 aliphatic heterocycles. The predicted molar refractivity (Wildman–Crippen MR) is 105 cm³/mol. The van der Waals surface area contributed by atoms with E-state index in [0.29, 0.717) is 0 Å². The van der Waals surface area contributed by atoms with Crippen LogP contribution in [0.15, 0.2) is 65.7 Å². The Morgan fingerprint density at radius 2 is 1.67 bits per heavy atom. The summed E-state index contributed by atoms with van der Waals surface area (Å²) in [5.41, 5.74) is 2.71. The van der Waals surface area contributed by atoms with Gasteiger partial charge in [-0.15, -0.1) is 0 Å². The van der Waals surface area contributed by atoms with Gasteiger partial charge in [-0.25, -0.2) is 0 Å². The van der Waals surface area contributed by atoms with E-state index in [2.05, 4.69) is 48.3 Å². The molecule has 0 amide bonds. The Balaban J connectivity index is 2.06. The molecule has 1 N–H and O–H groups in total.